The average molecular weight is 544 g/mol. The van der Waals surface area contributed by atoms with Crippen molar-refractivity contribution >= 4 is 23.6 Å². The lowest BCUT2D eigenvalue weighted by atomic mass is 10.0. The number of cyclic esters (lactones) is 1. The normalized spacial score (nSPS) is 20.1. The van der Waals surface area contributed by atoms with E-state index in [0.717, 1.165) is 23.4 Å². The summed E-state index contributed by atoms with van der Waals surface area (Å²) in [6, 6.07) is 20.5. The molecule has 2 fully saturated rings. The molecular weight excluding hydrogens is 510 g/mol. The van der Waals surface area contributed by atoms with Crippen LogP contribution in [0.2, 0.25) is 0 Å². The fourth-order valence-corrected chi connectivity index (χ4v) is 5.18. The second kappa shape index (κ2) is 11.9. The third-order valence-corrected chi connectivity index (χ3v) is 7.29. The minimum absolute atomic E-state index is 0.0419. The number of nitrogens with zero attached hydrogens (tertiary/aromatic N) is 2. The van der Waals surface area contributed by atoms with E-state index in [1.807, 2.05) is 12.1 Å². The lowest BCUT2D eigenvalue weighted by molar-refractivity contribution is -0.118. The van der Waals surface area contributed by atoms with Gasteiger partial charge in [-0.15, -0.1) is 0 Å². The molecule has 3 aliphatic rings. The standard InChI is InChI=1S/C30H33N5O5/c36-28-19-39-26-9-10-27(33-29(26)34-28)35-17-25(40-30(35)37)11-13-31-16-20-4-1-5-21(14-20)22-6-2-8-24(15-22)38-18-23-7-3-12-32-23/h1-2,4-6,8-10,14-15,23,25,31-32H,3,7,11-13,16-19H2,(H,33,34,36). The molecule has 0 spiro atoms. The van der Waals surface area contributed by atoms with Crippen molar-refractivity contribution in [2.45, 2.75) is 38.0 Å². The maximum Gasteiger partial charge on any atom is 0.415 e. The Labute approximate surface area is 233 Å². The smallest absolute Gasteiger partial charge is 0.415 e. The summed E-state index contributed by atoms with van der Waals surface area (Å²) >= 11 is 0. The van der Waals surface area contributed by atoms with Crippen molar-refractivity contribution in [2.75, 3.05) is 43.1 Å². The molecule has 2 atom stereocenters. The van der Waals surface area contributed by atoms with Crippen LogP contribution in [-0.2, 0) is 16.1 Å². The van der Waals surface area contributed by atoms with E-state index in [-0.39, 0.29) is 18.6 Å². The fourth-order valence-electron chi connectivity index (χ4n) is 5.18. The molecule has 4 heterocycles. The molecule has 0 radical (unpaired) electrons. The highest BCUT2D eigenvalue weighted by Gasteiger charge is 2.33. The lowest BCUT2D eigenvalue weighted by Crippen LogP contribution is -2.29. The van der Waals surface area contributed by atoms with Gasteiger partial charge in [-0.05, 0) is 79.4 Å². The van der Waals surface area contributed by atoms with Gasteiger partial charge in [-0.25, -0.2) is 9.78 Å². The van der Waals surface area contributed by atoms with E-state index in [0.29, 0.717) is 56.1 Å². The van der Waals surface area contributed by atoms with Crippen LogP contribution in [0.5, 0.6) is 11.5 Å². The molecule has 2 unspecified atom stereocenters. The minimum atomic E-state index is -0.445. The molecule has 1 aromatic heterocycles. The van der Waals surface area contributed by atoms with Gasteiger partial charge in [0.05, 0.1) is 6.54 Å². The molecule has 10 nitrogen and oxygen atoms in total. The number of fused-ring (bicyclic) bond motifs is 1. The Bertz CT molecular complexity index is 1380. The molecule has 0 saturated carbocycles. The van der Waals surface area contributed by atoms with Crippen molar-refractivity contribution in [3.05, 3.63) is 66.2 Å². The van der Waals surface area contributed by atoms with Crippen molar-refractivity contribution in [1.29, 1.82) is 0 Å². The Morgan fingerprint density at radius 3 is 2.83 bits per heavy atom. The summed E-state index contributed by atoms with van der Waals surface area (Å²) in [5, 5.41) is 9.60. The van der Waals surface area contributed by atoms with Crippen molar-refractivity contribution in [2.24, 2.45) is 0 Å². The van der Waals surface area contributed by atoms with E-state index in [1.165, 1.54) is 23.3 Å². The number of rotatable bonds is 10. The van der Waals surface area contributed by atoms with Gasteiger partial charge in [-0.2, -0.15) is 0 Å². The van der Waals surface area contributed by atoms with Crippen molar-refractivity contribution in [3.8, 4) is 22.6 Å². The van der Waals surface area contributed by atoms with E-state index >= 15 is 0 Å². The van der Waals surface area contributed by atoms with Crippen molar-refractivity contribution in [1.82, 2.24) is 15.6 Å². The molecule has 3 aliphatic heterocycles. The molecule has 10 heteroatoms. The number of benzene rings is 2. The second-order valence-corrected chi connectivity index (χ2v) is 10.3. The highest BCUT2D eigenvalue weighted by atomic mass is 16.6. The maximum atomic E-state index is 12.5. The SMILES string of the molecule is O=C1COc2ccc(N3CC(CCNCc4cccc(-c5cccc(OCC6CCCN6)c5)c4)OC3=O)nc2N1. The van der Waals surface area contributed by atoms with Gasteiger partial charge >= 0.3 is 6.09 Å². The van der Waals surface area contributed by atoms with Crippen LogP contribution in [0, 0.1) is 0 Å². The Kier molecular flexibility index (Phi) is 7.78. The van der Waals surface area contributed by atoms with Gasteiger partial charge in [-0.1, -0.05) is 30.3 Å². The van der Waals surface area contributed by atoms with Gasteiger partial charge in [0.25, 0.3) is 5.91 Å². The number of ether oxygens (including phenoxy) is 3. The second-order valence-electron chi connectivity index (χ2n) is 10.3. The molecule has 208 valence electrons. The van der Waals surface area contributed by atoms with Gasteiger partial charge in [0.2, 0.25) is 0 Å². The first-order chi connectivity index (χ1) is 19.6. The van der Waals surface area contributed by atoms with Crippen LogP contribution in [0.1, 0.15) is 24.8 Å². The van der Waals surface area contributed by atoms with Crippen LogP contribution in [0.25, 0.3) is 11.1 Å². The molecule has 3 aromatic rings. The summed E-state index contributed by atoms with van der Waals surface area (Å²) in [6.07, 6.45) is 2.35. The highest BCUT2D eigenvalue weighted by Crippen LogP contribution is 2.30. The van der Waals surface area contributed by atoms with Crippen LogP contribution in [0.3, 0.4) is 0 Å². The molecule has 0 aliphatic carbocycles. The number of pyridine rings is 1. The quantitative estimate of drug-likeness (QED) is 0.332. The molecule has 2 saturated heterocycles. The Morgan fingerprint density at radius 1 is 1.07 bits per heavy atom. The summed E-state index contributed by atoms with van der Waals surface area (Å²) in [6.45, 7) is 3.51. The summed E-state index contributed by atoms with van der Waals surface area (Å²) in [5.41, 5.74) is 3.44. The summed E-state index contributed by atoms with van der Waals surface area (Å²) in [7, 11) is 0. The number of aromatic nitrogens is 1. The van der Waals surface area contributed by atoms with Crippen LogP contribution in [-0.4, -0.2) is 62.0 Å². The first-order valence-corrected chi connectivity index (χ1v) is 13.8. The zero-order valence-corrected chi connectivity index (χ0v) is 22.2. The van der Waals surface area contributed by atoms with E-state index < -0.39 is 6.09 Å². The maximum absolute atomic E-state index is 12.5. The van der Waals surface area contributed by atoms with Crippen molar-refractivity contribution in [3.63, 3.8) is 0 Å². The van der Waals surface area contributed by atoms with Gasteiger partial charge in [0.1, 0.15) is 24.3 Å². The number of carbonyl (C=O) groups is 2. The van der Waals surface area contributed by atoms with Gasteiger partial charge in [0.15, 0.2) is 18.2 Å². The predicted octanol–water partition coefficient (Wildman–Crippen LogP) is 3.72. The molecule has 40 heavy (non-hydrogen) atoms. The summed E-state index contributed by atoms with van der Waals surface area (Å²) in [4.78, 5) is 29.9. The minimum Gasteiger partial charge on any atom is -0.492 e. The number of hydrogen-bond acceptors (Lipinski definition) is 8. The topological polar surface area (TPSA) is 114 Å². The van der Waals surface area contributed by atoms with Gasteiger partial charge in [0, 0.05) is 12.6 Å². The predicted molar refractivity (Wildman–Crippen MR) is 151 cm³/mol. The Morgan fingerprint density at radius 2 is 1.95 bits per heavy atom. The van der Waals surface area contributed by atoms with Crippen LogP contribution in [0.4, 0.5) is 16.4 Å². The van der Waals surface area contributed by atoms with E-state index in [4.69, 9.17) is 14.2 Å². The molecule has 2 aromatic carbocycles. The summed E-state index contributed by atoms with van der Waals surface area (Å²) in [5.74, 6) is 1.84. The zero-order valence-electron chi connectivity index (χ0n) is 22.2. The average Bonchev–Trinajstić information content (AvgIpc) is 3.64. The first kappa shape index (κ1) is 26.1. The highest BCUT2D eigenvalue weighted by molar-refractivity contribution is 5.95. The van der Waals surface area contributed by atoms with E-state index in [9.17, 15) is 9.59 Å². The molecule has 2 amide bonds. The Hall–Kier alpha value is -4.15. The largest absolute Gasteiger partial charge is 0.492 e. The van der Waals surface area contributed by atoms with Gasteiger partial charge in [-0.3, -0.25) is 9.69 Å². The van der Waals surface area contributed by atoms with Crippen LogP contribution >= 0.6 is 0 Å². The Balaban J connectivity index is 0.986. The van der Waals surface area contributed by atoms with Gasteiger partial charge < -0.3 is 30.2 Å². The molecule has 3 N–H and O–H groups in total. The third kappa shape index (κ3) is 6.19. The number of amides is 2. The number of carbonyl (C=O) groups excluding carboxylic acids is 2. The van der Waals surface area contributed by atoms with Crippen molar-refractivity contribution < 1.29 is 23.8 Å². The molecular formula is C30H33N5O5. The first-order valence-electron chi connectivity index (χ1n) is 13.8. The number of hydrogen-bond donors (Lipinski definition) is 3. The summed E-state index contributed by atoms with van der Waals surface area (Å²) < 4.78 is 16.9. The fraction of sp³-hybridized carbons (Fsp3) is 0.367. The zero-order chi connectivity index (χ0) is 27.3. The lowest BCUT2D eigenvalue weighted by Gasteiger charge is -2.19. The monoisotopic (exact) mass is 543 g/mol. The van der Waals surface area contributed by atoms with E-state index in [2.05, 4.69) is 57.3 Å². The molecule has 0 bridgehead atoms. The van der Waals surface area contributed by atoms with Crippen LogP contribution in [0.15, 0.2) is 60.7 Å². The van der Waals surface area contributed by atoms with Crippen LogP contribution < -0.4 is 30.3 Å². The number of anilines is 2. The number of nitrogens with one attached hydrogen (secondary N) is 3. The third-order valence-electron chi connectivity index (χ3n) is 7.29. The van der Waals surface area contributed by atoms with E-state index in [1.54, 1.807) is 12.1 Å². The molecule has 6 rings (SSSR count).